The number of hydrogen-bond donors (Lipinski definition) is 2. The highest BCUT2D eigenvalue weighted by molar-refractivity contribution is 6.02. The van der Waals surface area contributed by atoms with Crippen molar-refractivity contribution in [2.45, 2.75) is 30.8 Å². The van der Waals surface area contributed by atoms with E-state index < -0.39 is 5.92 Å². The highest BCUT2D eigenvalue weighted by Gasteiger charge is 2.44. The largest absolute Gasteiger partial charge is 0.361 e. The number of hydrogen-bond acceptors (Lipinski definition) is 2. The number of rotatable bonds is 3. The number of aromatic nitrogens is 1. The Labute approximate surface area is 157 Å². The average molecular weight is 359 g/mol. The molecule has 1 saturated carbocycles. The maximum atomic E-state index is 13.2. The summed E-state index contributed by atoms with van der Waals surface area (Å²) in [5.41, 5.74) is 3.42. The molecule has 1 fully saturated rings. The molecule has 1 aromatic heterocycles. The molecule has 2 unspecified atom stereocenters. The van der Waals surface area contributed by atoms with Crippen molar-refractivity contribution in [3.05, 3.63) is 71.4 Å². The Kier molecular flexibility index (Phi) is 3.57. The number of carbonyl (C=O) groups excluding carboxylic acids is 2. The Morgan fingerprint density at radius 2 is 1.81 bits per heavy atom. The Bertz CT molecular complexity index is 1050. The van der Waals surface area contributed by atoms with E-state index in [2.05, 4.69) is 10.3 Å². The molecule has 1 aliphatic heterocycles. The zero-order valence-electron chi connectivity index (χ0n) is 15.1. The Morgan fingerprint density at radius 1 is 1.07 bits per heavy atom. The van der Waals surface area contributed by atoms with Gasteiger partial charge in [0, 0.05) is 41.3 Å². The molecule has 5 rings (SSSR count). The van der Waals surface area contributed by atoms with Crippen molar-refractivity contribution < 1.29 is 9.59 Å². The number of nitrogens with one attached hydrogen (secondary N) is 2. The summed E-state index contributed by atoms with van der Waals surface area (Å²) < 4.78 is 0. The number of carbonyl (C=O) groups is 2. The lowest BCUT2D eigenvalue weighted by atomic mass is 9.79. The first kappa shape index (κ1) is 16.1. The molecule has 2 amide bonds. The monoisotopic (exact) mass is 359 g/mol. The van der Waals surface area contributed by atoms with E-state index >= 15 is 0 Å². The van der Waals surface area contributed by atoms with E-state index in [-0.39, 0.29) is 23.9 Å². The van der Waals surface area contributed by atoms with Crippen molar-refractivity contribution in [3.63, 3.8) is 0 Å². The van der Waals surface area contributed by atoms with Crippen LogP contribution in [-0.2, 0) is 4.79 Å². The summed E-state index contributed by atoms with van der Waals surface area (Å²) in [5, 5.41) is 4.20. The van der Waals surface area contributed by atoms with Crippen molar-refractivity contribution in [2.24, 2.45) is 0 Å². The fourth-order valence-corrected chi connectivity index (χ4v) is 4.20. The molecule has 2 heterocycles. The zero-order valence-corrected chi connectivity index (χ0v) is 15.1. The van der Waals surface area contributed by atoms with Gasteiger partial charge < -0.3 is 15.2 Å². The van der Waals surface area contributed by atoms with Gasteiger partial charge in [-0.05, 0) is 30.5 Å². The van der Waals surface area contributed by atoms with Gasteiger partial charge in [0.25, 0.3) is 5.91 Å². The fourth-order valence-electron chi connectivity index (χ4n) is 4.20. The topological polar surface area (TPSA) is 65.2 Å². The Morgan fingerprint density at radius 3 is 2.63 bits per heavy atom. The second-order valence-corrected chi connectivity index (χ2v) is 7.50. The summed E-state index contributed by atoms with van der Waals surface area (Å²) in [4.78, 5) is 31.3. The predicted octanol–water partition coefficient (Wildman–Crippen LogP) is 3.36. The van der Waals surface area contributed by atoms with Gasteiger partial charge in [-0.25, -0.2) is 0 Å². The summed E-state index contributed by atoms with van der Waals surface area (Å²) >= 11 is 0. The lowest BCUT2D eigenvalue weighted by Crippen LogP contribution is -2.46. The van der Waals surface area contributed by atoms with E-state index in [1.54, 1.807) is 11.9 Å². The van der Waals surface area contributed by atoms with Gasteiger partial charge in [0.2, 0.25) is 5.91 Å². The van der Waals surface area contributed by atoms with E-state index in [4.69, 9.17) is 0 Å². The molecule has 5 heteroatoms. The van der Waals surface area contributed by atoms with Crippen molar-refractivity contribution in [1.29, 1.82) is 0 Å². The minimum atomic E-state index is -0.427. The number of aromatic amines is 1. The first-order valence-corrected chi connectivity index (χ1v) is 9.37. The smallest absolute Gasteiger partial charge is 0.254 e. The quantitative estimate of drug-likeness (QED) is 0.753. The first-order valence-electron chi connectivity index (χ1n) is 9.37. The number of nitrogens with zero attached hydrogens (tertiary/aromatic N) is 1. The second-order valence-electron chi connectivity index (χ2n) is 7.50. The van der Waals surface area contributed by atoms with E-state index in [0.717, 1.165) is 34.9 Å². The van der Waals surface area contributed by atoms with Crippen LogP contribution in [0.15, 0.2) is 54.7 Å². The normalized spacial score (nSPS) is 22.0. The minimum Gasteiger partial charge on any atom is -0.361 e. The molecule has 136 valence electrons. The van der Waals surface area contributed by atoms with Crippen LogP contribution in [0, 0.1) is 0 Å². The van der Waals surface area contributed by atoms with Gasteiger partial charge >= 0.3 is 0 Å². The number of H-pyrrole nitrogens is 1. The van der Waals surface area contributed by atoms with Crippen molar-refractivity contribution in [1.82, 2.24) is 15.2 Å². The van der Waals surface area contributed by atoms with Gasteiger partial charge in [-0.15, -0.1) is 0 Å². The first-order chi connectivity index (χ1) is 13.1. The van der Waals surface area contributed by atoms with Gasteiger partial charge in [-0.2, -0.15) is 0 Å². The highest BCUT2D eigenvalue weighted by atomic mass is 16.2. The molecule has 0 bridgehead atoms. The van der Waals surface area contributed by atoms with Crippen molar-refractivity contribution >= 4 is 22.7 Å². The van der Waals surface area contributed by atoms with Crippen LogP contribution in [0.5, 0.6) is 0 Å². The lowest BCUT2D eigenvalue weighted by Gasteiger charge is -2.39. The Hall–Kier alpha value is -3.08. The van der Waals surface area contributed by atoms with Crippen LogP contribution >= 0.6 is 0 Å². The summed E-state index contributed by atoms with van der Waals surface area (Å²) in [6, 6.07) is 15.4. The van der Waals surface area contributed by atoms with E-state index in [1.165, 1.54) is 0 Å². The van der Waals surface area contributed by atoms with Crippen LogP contribution in [0.1, 0.15) is 46.3 Å². The van der Waals surface area contributed by atoms with E-state index in [0.29, 0.717) is 5.56 Å². The molecule has 5 nitrogen and oxygen atoms in total. The summed E-state index contributed by atoms with van der Waals surface area (Å²) in [5.74, 6) is -0.473. The van der Waals surface area contributed by atoms with Crippen LogP contribution in [0.4, 0.5) is 0 Å². The molecular formula is C22H21N3O2. The fraction of sp³-hybridized carbons (Fsp3) is 0.273. The van der Waals surface area contributed by atoms with Crippen molar-refractivity contribution in [2.75, 3.05) is 7.05 Å². The molecule has 2 aliphatic rings. The molecular weight excluding hydrogens is 338 g/mol. The van der Waals surface area contributed by atoms with Gasteiger partial charge in [0.1, 0.15) is 0 Å². The molecule has 0 spiro atoms. The van der Waals surface area contributed by atoms with E-state index in [9.17, 15) is 9.59 Å². The van der Waals surface area contributed by atoms with Crippen LogP contribution in [-0.4, -0.2) is 34.8 Å². The number of benzene rings is 2. The number of para-hydroxylation sites is 1. The zero-order chi connectivity index (χ0) is 18.5. The number of likely N-dealkylation sites (N-methyl/N-ethyl adjacent to an activating group) is 1. The third kappa shape index (κ3) is 2.53. The standard InChI is InChI=1S/C22H21N3O2/c1-25-20(17-12-23-18-9-5-4-6-14(17)18)19(21(26)24-13-10-11-13)15-7-2-3-8-16(15)22(25)27/h2-9,12-13,19-20,23H,10-11H2,1H3,(H,24,26). The highest BCUT2D eigenvalue weighted by Crippen LogP contribution is 2.44. The molecule has 0 saturated heterocycles. The maximum absolute atomic E-state index is 13.2. The summed E-state index contributed by atoms with van der Waals surface area (Å²) in [7, 11) is 1.79. The molecule has 2 atom stereocenters. The number of fused-ring (bicyclic) bond motifs is 2. The van der Waals surface area contributed by atoms with Gasteiger partial charge in [0.15, 0.2) is 0 Å². The SMILES string of the molecule is CN1C(=O)c2ccccc2C(C(=O)NC2CC2)C1c1c[nH]c2ccccc12. The maximum Gasteiger partial charge on any atom is 0.254 e. The molecule has 2 N–H and O–H groups in total. The van der Waals surface area contributed by atoms with Crippen molar-refractivity contribution in [3.8, 4) is 0 Å². The van der Waals surface area contributed by atoms with Gasteiger partial charge in [-0.3, -0.25) is 9.59 Å². The van der Waals surface area contributed by atoms with Crippen LogP contribution in [0.2, 0.25) is 0 Å². The third-order valence-electron chi connectivity index (χ3n) is 5.73. The lowest BCUT2D eigenvalue weighted by molar-refractivity contribution is -0.124. The predicted molar refractivity (Wildman–Crippen MR) is 103 cm³/mol. The van der Waals surface area contributed by atoms with Gasteiger partial charge in [0.05, 0.1) is 12.0 Å². The average Bonchev–Trinajstić information content (AvgIpc) is 3.40. The summed E-state index contributed by atoms with van der Waals surface area (Å²) in [6.07, 6.45) is 4.00. The molecule has 2 aromatic carbocycles. The van der Waals surface area contributed by atoms with Crippen LogP contribution in [0.3, 0.4) is 0 Å². The number of amides is 2. The molecule has 27 heavy (non-hydrogen) atoms. The van der Waals surface area contributed by atoms with Gasteiger partial charge in [-0.1, -0.05) is 36.4 Å². The minimum absolute atomic E-state index is 0.000388. The van der Waals surface area contributed by atoms with Crippen LogP contribution < -0.4 is 5.32 Å². The Balaban J connectivity index is 1.69. The van der Waals surface area contributed by atoms with Crippen LogP contribution in [0.25, 0.3) is 10.9 Å². The molecule has 0 radical (unpaired) electrons. The second kappa shape index (κ2) is 5.98. The third-order valence-corrected chi connectivity index (χ3v) is 5.73. The molecule has 1 aliphatic carbocycles. The molecule has 3 aromatic rings. The summed E-state index contributed by atoms with van der Waals surface area (Å²) in [6.45, 7) is 0. The van der Waals surface area contributed by atoms with E-state index in [1.807, 2.05) is 54.7 Å².